The van der Waals surface area contributed by atoms with Gasteiger partial charge in [0, 0.05) is 30.9 Å². The zero-order valence-electron chi connectivity index (χ0n) is 13.1. The maximum absolute atomic E-state index is 5.49. The largest absolute Gasteiger partial charge is 0.497 e. The molecule has 1 unspecified atom stereocenters. The van der Waals surface area contributed by atoms with Crippen LogP contribution in [0.5, 0.6) is 11.5 Å². The third-order valence-corrected chi connectivity index (χ3v) is 3.21. The zero-order valence-corrected chi connectivity index (χ0v) is 13.1. The lowest BCUT2D eigenvalue weighted by atomic mass is 10.0. The molecule has 0 aromatic heterocycles. The molecule has 4 heteroatoms. The number of nitrogens with one attached hydrogen (secondary N) is 1. The van der Waals surface area contributed by atoms with Crippen LogP contribution in [-0.4, -0.2) is 34.0 Å². The second-order valence-electron chi connectivity index (χ2n) is 4.60. The molecule has 0 fully saturated rings. The quantitative estimate of drug-likeness (QED) is 0.669. The van der Waals surface area contributed by atoms with Crippen LogP contribution in [0.3, 0.4) is 0 Å². The molecule has 20 heavy (non-hydrogen) atoms. The van der Waals surface area contributed by atoms with Crippen molar-refractivity contribution in [2.24, 2.45) is 0 Å². The summed E-state index contributed by atoms with van der Waals surface area (Å²) in [5, 5.41) is 3.56. The smallest absolute Gasteiger partial charge is 0.127 e. The van der Waals surface area contributed by atoms with E-state index in [1.165, 1.54) is 0 Å². The lowest BCUT2D eigenvalue weighted by molar-refractivity contribution is 0.136. The van der Waals surface area contributed by atoms with Crippen molar-refractivity contribution in [1.29, 1.82) is 0 Å². The molecular formula is C16H27NO3. The summed E-state index contributed by atoms with van der Waals surface area (Å²) in [6.07, 6.45) is 2.03. The van der Waals surface area contributed by atoms with Crippen LogP contribution in [-0.2, 0) is 4.74 Å². The number of rotatable bonds is 10. The molecule has 1 rings (SSSR count). The second kappa shape index (κ2) is 9.61. The Morgan fingerprint density at radius 1 is 1.15 bits per heavy atom. The predicted octanol–water partition coefficient (Wildman–Crippen LogP) is 3.17. The highest BCUT2D eigenvalue weighted by Gasteiger charge is 2.16. The molecule has 0 bridgehead atoms. The molecule has 1 aromatic carbocycles. The normalized spacial score (nSPS) is 12.2. The van der Waals surface area contributed by atoms with Crippen LogP contribution in [0.25, 0.3) is 0 Å². The molecule has 0 radical (unpaired) electrons. The van der Waals surface area contributed by atoms with Crippen LogP contribution in [0.2, 0.25) is 0 Å². The zero-order chi connectivity index (χ0) is 14.8. The van der Waals surface area contributed by atoms with E-state index in [0.29, 0.717) is 0 Å². The first-order valence-electron chi connectivity index (χ1n) is 7.29. The molecule has 0 aliphatic carbocycles. The van der Waals surface area contributed by atoms with Gasteiger partial charge in [-0.15, -0.1) is 0 Å². The third-order valence-electron chi connectivity index (χ3n) is 3.21. The van der Waals surface area contributed by atoms with E-state index in [4.69, 9.17) is 14.2 Å². The van der Waals surface area contributed by atoms with Crippen molar-refractivity contribution >= 4 is 0 Å². The van der Waals surface area contributed by atoms with Crippen LogP contribution in [0.1, 0.15) is 38.3 Å². The van der Waals surface area contributed by atoms with Gasteiger partial charge in [-0.1, -0.05) is 13.0 Å². The summed E-state index contributed by atoms with van der Waals surface area (Å²) in [7, 11) is 3.36. The van der Waals surface area contributed by atoms with Gasteiger partial charge in [0.1, 0.15) is 11.5 Å². The average Bonchev–Trinajstić information content (AvgIpc) is 2.50. The van der Waals surface area contributed by atoms with Crippen molar-refractivity contribution in [1.82, 2.24) is 5.32 Å². The van der Waals surface area contributed by atoms with Crippen LogP contribution in [0.4, 0.5) is 0 Å². The summed E-state index contributed by atoms with van der Waals surface area (Å²) >= 11 is 0. The monoisotopic (exact) mass is 281 g/mol. The lowest BCUT2D eigenvalue weighted by Crippen LogP contribution is -2.24. The van der Waals surface area contributed by atoms with Gasteiger partial charge in [0.2, 0.25) is 0 Å². The summed E-state index contributed by atoms with van der Waals surface area (Å²) in [4.78, 5) is 0. The Morgan fingerprint density at radius 2 is 1.95 bits per heavy atom. The van der Waals surface area contributed by atoms with Gasteiger partial charge in [-0.05, 0) is 32.4 Å². The number of hydrogen-bond donors (Lipinski definition) is 1. The van der Waals surface area contributed by atoms with E-state index in [1.54, 1.807) is 14.2 Å². The first kappa shape index (κ1) is 16.8. The topological polar surface area (TPSA) is 39.7 Å². The third kappa shape index (κ3) is 5.02. The molecule has 0 saturated carbocycles. The molecule has 0 amide bonds. The second-order valence-corrected chi connectivity index (χ2v) is 4.60. The SMILES string of the molecule is CCCNC(CCOCC)c1ccc(OC)cc1OC. The average molecular weight is 281 g/mol. The van der Waals surface area contributed by atoms with Crippen molar-refractivity contribution in [2.45, 2.75) is 32.7 Å². The van der Waals surface area contributed by atoms with Gasteiger partial charge in [0.05, 0.1) is 14.2 Å². The van der Waals surface area contributed by atoms with Crippen molar-refractivity contribution in [2.75, 3.05) is 34.0 Å². The van der Waals surface area contributed by atoms with Gasteiger partial charge >= 0.3 is 0 Å². The minimum Gasteiger partial charge on any atom is -0.497 e. The fraction of sp³-hybridized carbons (Fsp3) is 0.625. The molecule has 0 aliphatic rings. The van der Waals surface area contributed by atoms with Crippen LogP contribution >= 0.6 is 0 Å². The standard InChI is InChI=1S/C16H27NO3/c1-5-10-17-15(9-11-20-6-2)14-8-7-13(18-3)12-16(14)19-4/h7-8,12,15,17H,5-6,9-11H2,1-4H3. The Bertz CT molecular complexity index is 382. The molecule has 114 valence electrons. The van der Waals surface area contributed by atoms with Gasteiger partial charge in [-0.25, -0.2) is 0 Å². The Labute approximate surface area is 122 Å². The van der Waals surface area contributed by atoms with Crippen molar-refractivity contribution in [3.63, 3.8) is 0 Å². The Hall–Kier alpha value is -1.26. The van der Waals surface area contributed by atoms with E-state index >= 15 is 0 Å². The summed E-state index contributed by atoms with van der Waals surface area (Å²) in [6, 6.07) is 6.20. The predicted molar refractivity (Wildman–Crippen MR) is 81.7 cm³/mol. The van der Waals surface area contributed by atoms with Gasteiger partial charge in [-0.3, -0.25) is 0 Å². The number of methoxy groups -OCH3 is 2. The highest BCUT2D eigenvalue weighted by molar-refractivity contribution is 5.42. The van der Waals surface area contributed by atoms with Gasteiger partial charge in [0.25, 0.3) is 0 Å². The highest BCUT2D eigenvalue weighted by atomic mass is 16.5. The van der Waals surface area contributed by atoms with E-state index in [2.05, 4.69) is 18.3 Å². The summed E-state index contributed by atoms with van der Waals surface area (Å²) in [6.45, 7) is 6.65. The van der Waals surface area contributed by atoms with E-state index in [-0.39, 0.29) is 6.04 Å². The molecule has 0 spiro atoms. The van der Waals surface area contributed by atoms with Crippen molar-refractivity contribution in [3.05, 3.63) is 23.8 Å². The first-order chi connectivity index (χ1) is 9.76. The van der Waals surface area contributed by atoms with Crippen LogP contribution < -0.4 is 14.8 Å². The maximum atomic E-state index is 5.49. The molecule has 0 aliphatic heterocycles. The van der Waals surface area contributed by atoms with E-state index in [0.717, 1.165) is 49.7 Å². The molecular weight excluding hydrogens is 254 g/mol. The maximum Gasteiger partial charge on any atom is 0.127 e. The Balaban J connectivity index is 2.86. The van der Waals surface area contributed by atoms with Gasteiger partial charge in [0.15, 0.2) is 0 Å². The summed E-state index contributed by atoms with van der Waals surface area (Å²) < 4.78 is 16.2. The van der Waals surface area contributed by atoms with E-state index < -0.39 is 0 Å². The minimum atomic E-state index is 0.238. The molecule has 0 heterocycles. The van der Waals surface area contributed by atoms with Crippen molar-refractivity contribution < 1.29 is 14.2 Å². The highest BCUT2D eigenvalue weighted by Crippen LogP contribution is 2.31. The van der Waals surface area contributed by atoms with E-state index in [9.17, 15) is 0 Å². The molecule has 1 N–H and O–H groups in total. The minimum absolute atomic E-state index is 0.238. The molecule has 4 nitrogen and oxygen atoms in total. The van der Waals surface area contributed by atoms with Crippen molar-refractivity contribution in [3.8, 4) is 11.5 Å². The van der Waals surface area contributed by atoms with Crippen LogP contribution in [0, 0.1) is 0 Å². The van der Waals surface area contributed by atoms with Gasteiger partial charge < -0.3 is 19.5 Å². The fourth-order valence-electron chi connectivity index (χ4n) is 2.14. The Kier molecular flexibility index (Phi) is 8.07. The summed E-state index contributed by atoms with van der Waals surface area (Å²) in [5.41, 5.74) is 1.15. The molecule has 0 saturated heterocycles. The molecule has 1 aromatic rings. The number of ether oxygens (including phenoxy) is 3. The number of benzene rings is 1. The van der Waals surface area contributed by atoms with E-state index in [1.807, 2.05) is 19.1 Å². The van der Waals surface area contributed by atoms with Crippen LogP contribution in [0.15, 0.2) is 18.2 Å². The number of hydrogen-bond acceptors (Lipinski definition) is 4. The molecule has 1 atom stereocenters. The summed E-state index contributed by atoms with van der Waals surface area (Å²) in [5.74, 6) is 1.67. The first-order valence-corrected chi connectivity index (χ1v) is 7.29. The lowest BCUT2D eigenvalue weighted by Gasteiger charge is -2.21. The fourth-order valence-corrected chi connectivity index (χ4v) is 2.14. The Morgan fingerprint density at radius 3 is 2.55 bits per heavy atom. The van der Waals surface area contributed by atoms with Gasteiger partial charge in [-0.2, -0.15) is 0 Å².